The lowest BCUT2D eigenvalue weighted by molar-refractivity contribution is -0.150. The summed E-state index contributed by atoms with van der Waals surface area (Å²) in [7, 11) is -2.77. The summed E-state index contributed by atoms with van der Waals surface area (Å²) in [6, 6.07) is 26.8. The van der Waals surface area contributed by atoms with Crippen molar-refractivity contribution < 1.29 is 23.4 Å². The number of fused-ring (bicyclic) bond motifs is 3. The van der Waals surface area contributed by atoms with Crippen LogP contribution < -0.4 is 4.74 Å². The third kappa shape index (κ3) is 3.94. The van der Waals surface area contributed by atoms with Crippen LogP contribution in [0.2, 0.25) is 5.02 Å². The number of hydrogen-bond donors (Lipinski definition) is 2. The van der Waals surface area contributed by atoms with E-state index in [0.29, 0.717) is 11.1 Å². The molecule has 206 valence electrons. The molecule has 5 atom stereocenters. The number of halogens is 2. The normalized spacial score (nSPS) is 27.3. The first-order valence-corrected chi connectivity index (χ1v) is 15.3. The molecule has 1 unspecified atom stereocenters. The van der Waals surface area contributed by atoms with Crippen molar-refractivity contribution in [3.05, 3.63) is 129 Å². The van der Waals surface area contributed by atoms with E-state index in [1.165, 1.54) is 23.6 Å². The van der Waals surface area contributed by atoms with Crippen molar-refractivity contribution in [2.24, 2.45) is 0 Å². The van der Waals surface area contributed by atoms with Gasteiger partial charge in [0.05, 0.1) is 10.9 Å². The molecule has 1 aliphatic heterocycles. The van der Waals surface area contributed by atoms with Gasteiger partial charge in [0.25, 0.3) is 0 Å². The zero-order chi connectivity index (χ0) is 28.3. The fraction of sp³-hybridized carbons (Fsp3) is 0.233. The Labute approximate surface area is 246 Å². The molecule has 0 amide bonds. The van der Waals surface area contributed by atoms with Crippen molar-refractivity contribution in [2.75, 3.05) is 7.05 Å². The smallest absolute Gasteiger partial charge is 0.220 e. The topological polar surface area (TPSA) is 100.0 Å². The standard InChI is InChI=1S/C30H26BrClN2O5S/c1-34(18-19-8-4-2-5-9-19)40(37,38)26-25(20-10-6-3-7-11-20)30(21-12-14-22(31)15-13-21)29(36,28(26)35)27-24(39-30)16-23(32)17-33-27/h2-17,25-26,28,35-36H,18H2,1H3/t25-,26?,28-,29+,30+/m1/s1. The summed E-state index contributed by atoms with van der Waals surface area (Å²) in [5.41, 5.74) is -2.08. The molecule has 1 aromatic heterocycles. The van der Waals surface area contributed by atoms with Crippen LogP contribution in [-0.2, 0) is 27.8 Å². The first-order valence-electron chi connectivity index (χ1n) is 12.7. The molecule has 4 aromatic rings. The van der Waals surface area contributed by atoms with Crippen molar-refractivity contribution in [1.29, 1.82) is 0 Å². The Morgan fingerprint density at radius 1 is 1.02 bits per heavy atom. The van der Waals surface area contributed by atoms with Crippen molar-refractivity contribution in [3.63, 3.8) is 0 Å². The van der Waals surface area contributed by atoms with E-state index in [9.17, 15) is 18.6 Å². The van der Waals surface area contributed by atoms with Crippen LogP contribution in [0.3, 0.4) is 0 Å². The Morgan fingerprint density at radius 2 is 1.65 bits per heavy atom. The largest absolute Gasteiger partial charge is 0.476 e. The van der Waals surface area contributed by atoms with Crippen LogP contribution in [0.15, 0.2) is 102 Å². The third-order valence-electron chi connectivity index (χ3n) is 7.98. The molecular weight excluding hydrogens is 616 g/mol. The SMILES string of the molecule is CN(Cc1ccccc1)S(=O)(=O)C1[C@@H](O)[C@@]2(O)c3ncc(Cl)cc3O[C@@]2(c2ccc(Br)cc2)[C@@H]1c1ccccc1. The molecule has 0 radical (unpaired) electrons. The number of rotatable bonds is 6. The molecule has 1 saturated carbocycles. The number of pyridine rings is 1. The molecule has 1 aliphatic carbocycles. The van der Waals surface area contributed by atoms with Gasteiger partial charge >= 0.3 is 0 Å². The molecule has 10 heteroatoms. The van der Waals surface area contributed by atoms with Crippen LogP contribution in [-0.4, -0.2) is 46.3 Å². The van der Waals surface area contributed by atoms with Crippen LogP contribution in [0.5, 0.6) is 5.75 Å². The fourth-order valence-corrected chi connectivity index (χ4v) is 8.61. The van der Waals surface area contributed by atoms with Crippen LogP contribution >= 0.6 is 27.5 Å². The fourth-order valence-electron chi connectivity index (χ4n) is 6.24. The van der Waals surface area contributed by atoms with Gasteiger partial charge in [0.2, 0.25) is 10.0 Å². The summed E-state index contributed by atoms with van der Waals surface area (Å²) in [5.74, 6) is -0.850. The predicted octanol–water partition coefficient (Wildman–Crippen LogP) is 4.96. The Bertz CT molecular complexity index is 1660. The van der Waals surface area contributed by atoms with Crippen LogP contribution in [0, 0.1) is 0 Å². The Hall–Kier alpha value is -2.79. The second kappa shape index (κ2) is 9.94. The molecular formula is C30H26BrClN2O5S. The lowest BCUT2D eigenvalue weighted by Gasteiger charge is -2.40. The molecule has 0 saturated heterocycles. The summed E-state index contributed by atoms with van der Waals surface area (Å²) in [5, 5.41) is 23.6. The van der Waals surface area contributed by atoms with Crippen molar-refractivity contribution in [2.45, 2.75) is 35.0 Å². The van der Waals surface area contributed by atoms with Gasteiger partial charge < -0.3 is 14.9 Å². The first kappa shape index (κ1) is 27.4. The highest BCUT2D eigenvalue weighted by Crippen LogP contribution is 2.67. The number of aliphatic hydroxyl groups excluding tert-OH is 1. The lowest BCUT2D eigenvalue weighted by atomic mass is 9.72. The summed E-state index contributed by atoms with van der Waals surface area (Å²) >= 11 is 9.71. The molecule has 6 rings (SSSR count). The average molecular weight is 642 g/mol. The van der Waals surface area contributed by atoms with Gasteiger partial charge in [0, 0.05) is 30.3 Å². The molecule has 0 spiro atoms. The van der Waals surface area contributed by atoms with E-state index in [4.69, 9.17) is 16.3 Å². The monoisotopic (exact) mass is 640 g/mol. The maximum atomic E-state index is 14.4. The van der Waals surface area contributed by atoms with Crippen LogP contribution in [0.4, 0.5) is 0 Å². The minimum absolute atomic E-state index is 0.0386. The summed E-state index contributed by atoms with van der Waals surface area (Å²) in [6.07, 6.45) is -0.452. The Morgan fingerprint density at radius 3 is 2.30 bits per heavy atom. The average Bonchev–Trinajstić information content (AvgIpc) is 3.32. The van der Waals surface area contributed by atoms with E-state index < -0.39 is 38.5 Å². The van der Waals surface area contributed by atoms with Gasteiger partial charge in [0.1, 0.15) is 22.8 Å². The van der Waals surface area contributed by atoms with E-state index in [2.05, 4.69) is 20.9 Å². The summed E-state index contributed by atoms with van der Waals surface area (Å²) < 4.78 is 37.5. The quantitative estimate of drug-likeness (QED) is 0.309. The van der Waals surface area contributed by atoms with Crippen LogP contribution in [0.1, 0.15) is 28.3 Å². The predicted molar refractivity (Wildman–Crippen MR) is 155 cm³/mol. The number of aromatic nitrogens is 1. The Kier molecular flexibility index (Phi) is 6.80. The minimum Gasteiger partial charge on any atom is -0.476 e. The zero-order valence-corrected chi connectivity index (χ0v) is 24.5. The molecule has 40 heavy (non-hydrogen) atoms. The molecule has 7 nitrogen and oxygen atoms in total. The molecule has 2 heterocycles. The van der Waals surface area contributed by atoms with Gasteiger partial charge in [0.15, 0.2) is 11.2 Å². The molecule has 2 aliphatic rings. The van der Waals surface area contributed by atoms with Gasteiger partial charge in [-0.1, -0.05) is 100 Å². The van der Waals surface area contributed by atoms with E-state index >= 15 is 0 Å². The van der Waals surface area contributed by atoms with Crippen molar-refractivity contribution >= 4 is 37.6 Å². The number of aliphatic hydroxyl groups is 2. The van der Waals surface area contributed by atoms with E-state index in [0.717, 1.165) is 10.0 Å². The van der Waals surface area contributed by atoms with E-state index in [1.807, 2.05) is 36.4 Å². The number of sulfonamides is 1. The van der Waals surface area contributed by atoms with Crippen molar-refractivity contribution in [3.8, 4) is 5.75 Å². The molecule has 2 N–H and O–H groups in total. The van der Waals surface area contributed by atoms with E-state index in [-0.39, 0.29) is 23.0 Å². The van der Waals surface area contributed by atoms with Crippen LogP contribution in [0.25, 0.3) is 0 Å². The number of benzene rings is 3. The highest BCUT2D eigenvalue weighted by Gasteiger charge is 2.79. The van der Waals surface area contributed by atoms with Gasteiger partial charge in [-0.15, -0.1) is 0 Å². The van der Waals surface area contributed by atoms with Crippen molar-refractivity contribution in [1.82, 2.24) is 9.29 Å². The number of ether oxygens (including phenoxy) is 1. The van der Waals surface area contributed by atoms with Gasteiger partial charge in [-0.3, -0.25) is 4.98 Å². The highest BCUT2D eigenvalue weighted by atomic mass is 79.9. The molecule has 1 fully saturated rings. The number of hydrogen-bond acceptors (Lipinski definition) is 6. The maximum absolute atomic E-state index is 14.4. The number of nitrogens with zero attached hydrogens (tertiary/aromatic N) is 2. The second-order valence-corrected chi connectivity index (χ2v) is 13.7. The second-order valence-electron chi connectivity index (χ2n) is 10.2. The summed E-state index contributed by atoms with van der Waals surface area (Å²) in [6.45, 7) is 0.0862. The van der Waals surface area contributed by atoms with Gasteiger partial charge in [-0.2, -0.15) is 0 Å². The Balaban J connectivity index is 1.61. The van der Waals surface area contributed by atoms with Gasteiger partial charge in [-0.05, 0) is 28.8 Å². The maximum Gasteiger partial charge on any atom is 0.220 e. The minimum atomic E-state index is -4.25. The first-order chi connectivity index (χ1) is 19.1. The summed E-state index contributed by atoms with van der Waals surface area (Å²) in [4.78, 5) is 4.38. The lowest BCUT2D eigenvalue weighted by Crippen LogP contribution is -2.52. The molecule has 3 aromatic carbocycles. The van der Waals surface area contributed by atoms with E-state index in [1.54, 1.807) is 48.5 Å². The highest BCUT2D eigenvalue weighted by molar-refractivity contribution is 9.10. The zero-order valence-electron chi connectivity index (χ0n) is 21.4. The van der Waals surface area contributed by atoms with Gasteiger partial charge in [-0.25, -0.2) is 12.7 Å². The molecule has 0 bridgehead atoms. The third-order valence-corrected chi connectivity index (χ3v) is 10.9.